The average molecular weight is 624 g/mol. The summed E-state index contributed by atoms with van der Waals surface area (Å²) in [5.41, 5.74) is 15.1. The average Bonchev–Trinajstić information content (AvgIpc) is 3.79. The molecular formula is C47H29NO. The lowest BCUT2D eigenvalue weighted by molar-refractivity contribution is 0.669. The van der Waals surface area contributed by atoms with Gasteiger partial charge in [-0.25, -0.2) is 0 Å². The van der Waals surface area contributed by atoms with Gasteiger partial charge < -0.3 is 9.32 Å². The Bertz CT molecular complexity index is 2740. The Kier molecular flexibility index (Phi) is 5.34. The summed E-state index contributed by atoms with van der Waals surface area (Å²) < 4.78 is 6.68. The van der Waals surface area contributed by atoms with Crippen molar-refractivity contribution < 1.29 is 4.42 Å². The molecule has 2 aliphatic rings. The zero-order chi connectivity index (χ0) is 32.1. The normalized spacial score (nSPS) is 13.5. The van der Waals surface area contributed by atoms with E-state index in [0.29, 0.717) is 0 Å². The Morgan fingerprint density at radius 1 is 0.388 bits per heavy atom. The van der Waals surface area contributed by atoms with E-state index in [9.17, 15) is 0 Å². The van der Waals surface area contributed by atoms with Crippen LogP contribution in [0.3, 0.4) is 0 Å². The molecular weight excluding hydrogens is 595 g/mol. The summed E-state index contributed by atoms with van der Waals surface area (Å²) in [7, 11) is 0. The molecule has 8 aromatic carbocycles. The first kappa shape index (κ1) is 26.7. The fourth-order valence-corrected chi connectivity index (χ4v) is 8.87. The van der Waals surface area contributed by atoms with Crippen molar-refractivity contribution in [3.05, 3.63) is 198 Å². The summed E-state index contributed by atoms with van der Waals surface area (Å²) in [5.74, 6) is 0. The summed E-state index contributed by atoms with van der Waals surface area (Å²) in [6.07, 6.45) is 0. The molecule has 11 rings (SSSR count). The monoisotopic (exact) mass is 623 g/mol. The molecule has 228 valence electrons. The van der Waals surface area contributed by atoms with Gasteiger partial charge in [0.25, 0.3) is 0 Å². The number of nitrogens with zero attached hydrogens (tertiary/aromatic N) is 1. The third kappa shape index (κ3) is 3.50. The molecule has 2 heteroatoms. The van der Waals surface area contributed by atoms with Crippen molar-refractivity contribution in [2.24, 2.45) is 0 Å². The Hall–Kier alpha value is -6.38. The molecule has 0 saturated carbocycles. The quantitative estimate of drug-likeness (QED) is 0.195. The van der Waals surface area contributed by atoms with Gasteiger partial charge in [0.2, 0.25) is 0 Å². The van der Waals surface area contributed by atoms with E-state index < -0.39 is 5.41 Å². The van der Waals surface area contributed by atoms with Gasteiger partial charge in [-0.3, -0.25) is 0 Å². The van der Waals surface area contributed by atoms with E-state index in [2.05, 4.69) is 175 Å². The fraction of sp³-hybridized carbons (Fsp3) is 0.0213. The predicted octanol–water partition coefficient (Wildman–Crippen LogP) is 12.6. The molecule has 49 heavy (non-hydrogen) atoms. The maximum Gasteiger partial charge on any atom is 0.159 e. The van der Waals surface area contributed by atoms with Crippen molar-refractivity contribution in [2.45, 2.75) is 5.41 Å². The van der Waals surface area contributed by atoms with Gasteiger partial charge in [0.15, 0.2) is 5.58 Å². The predicted molar refractivity (Wildman–Crippen MR) is 202 cm³/mol. The van der Waals surface area contributed by atoms with E-state index >= 15 is 0 Å². The summed E-state index contributed by atoms with van der Waals surface area (Å²) in [6.45, 7) is 0. The second-order valence-corrected chi connectivity index (χ2v) is 13.2. The molecule has 0 bridgehead atoms. The third-order valence-corrected chi connectivity index (χ3v) is 10.9. The van der Waals surface area contributed by atoms with Crippen LogP contribution in [-0.4, -0.2) is 0 Å². The number of hydrogen-bond donors (Lipinski definition) is 0. The lowest BCUT2D eigenvalue weighted by Crippen LogP contribution is -2.26. The number of fused-ring (bicyclic) bond motifs is 14. The molecule has 0 saturated heterocycles. The number of rotatable bonds is 3. The maximum absolute atomic E-state index is 6.68. The minimum atomic E-state index is -0.421. The van der Waals surface area contributed by atoms with Crippen molar-refractivity contribution in [3.8, 4) is 22.3 Å². The highest BCUT2D eigenvalue weighted by Crippen LogP contribution is 2.63. The minimum absolute atomic E-state index is 0.421. The standard InChI is InChI=1S/C47H29NO/c1-2-13-31-28-32(25-24-30(31)12-1)48(44-22-11-18-39-38-17-6-10-23-45(38)49-46(39)44)33-26-27-37-36-16-5-9-21-42(36)47(43(37)29-33)40-19-7-3-14-34(40)35-15-4-8-20-41(35)47/h1-29H. The summed E-state index contributed by atoms with van der Waals surface area (Å²) >= 11 is 0. The summed E-state index contributed by atoms with van der Waals surface area (Å²) in [6, 6.07) is 64.3. The highest BCUT2D eigenvalue weighted by atomic mass is 16.3. The molecule has 0 fully saturated rings. The Labute approximate surface area is 284 Å². The molecule has 0 aliphatic heterocycles. The first-order valence-corrected chi connectivity index (χ1v) is 16.9. The van der Waals surface area contributed by atoms with Gasteiger partial charge in [-0.2, -0.15) is 0 Å². The maximum atomic E-state index is 6.68. The Balaban J connectivity index is 1.23. The SMILES string of the molecule is c1ccc2c(c1)-c1ccccc1C21c2ccccc2-c2ccc(N(c3ccc4ccccc4c3)c3cccc4c3oc3ccccc34)cc21. The number of hydrogen-bond acceptors (Lipinski definition) is 2. The zero-order valence-electron chi connectivity index (χ0n) is 26.6. The topological polar surface area (TPSA) is 16.4 Å². The smallest absolute Gasteiger partial charge is 0.159 e. The van der Waals surface area contributed by atoms with E-state index in [1.54, 1.807) is 0 Å². The molecule has 0 unspecified atom stereocenters. The first-order valence-electron chi connectivity index (χ1n) is 16.9. The van der Waals surface area contributed by atoms with Crippen molar-refractivity contribution in [3.63, 3.8) is 0 Å². The molecule has 0 amide bonds. The lowest BCUT2D eigenvalue weighted by atomic mass is 9.70. The van der Waals surface area contributed by atoms with Crippen LogP contribution in [0, 0.1) is 0 Å². The van der Waals surface area contributed by atoms with Gasteiger partial charge in [-0.05, 0) is 91.7 Å². The van der Waals surface area contributed by atoms with Crippen LogP contribution >= 0.6 is 0 Å². The second-order valence-electron chi connectivity index (χ2n) is 13.2. The van der Waals surface area contributed by atoms with Crippen molar-refractivity contribution in [1.29, 1.82) is 0 Å². The number of furan rings is 1. The number of para-hydroxylation sites is 2. The van der Waals surface area contributed by atoms with Gasteiger partial charge in [0.05, 0.1) is 11.1 Å². The highest BCUT2D eigenvalue weighted by Gasteiger charge is 2.51. The second kappa shape index (κ2) is 9.82. The molecule has 2 aliphatic carbocycles. The van der Waals surface area contributed by atoms with Crippen molar-refractivity contribution in [1.82, 2.24) is 0 Å². The molecule has 0 radical (unpaired) electrons. The lowest BCUT2D eigenvalue weighted by Gasteiger charge is -2.32. The van der Waals surface area contributed by atoms with Crippen LogP contribution in [0.15, 0.2) is 180 Å². The van der Waals surface area contributed by atoms with E-state index in [-0.39, 0.29) is 0 Å². The van der Waals surface area contributed by atoms with Crippen molar-refractivity contribution in [2.75, 3.05) is 4.90 Å². The van der Waals surface area contributed by atoms with Gasteiger partial charge in [0.1, 0.15) is 5.58 Å². The van der Waals surface area contributed by atoms with Gasteiger partial charge in [-0.1, -0.05) is 140 Å². The van der Waals surface area contributed by atoms with Crippen LogP contribution in [-0.2, 0) is 5.41 Å². The van der Waals surface area contributed by atoms with Crippen LogP contribution in [0.5, 0.6) is 0 Å². The van der Waals surface area contributed by atoms with Gasteiger partial charge in [-0.15, -0.1) is 0 Å². The zero-order valence-corrected chi connectivity index (χ0v) is 26.6. The number of benzene rings is 8. The molecule has 1 spiro atoms. The van der Waals surface area contributed by atoms with E-state index in [4.69, 9.17) is 4.42 Å². The third-order valence-electron chi connectivity index (χ3n) is 10.9. The Morgan fingerprint density at radius 2 is 0.939 bits per heavy atom. The molecule has 9 aromatic rings. The largest absolute Gasteiger partial charge is 0.454 e. The minimum Gasteiger partial charge on any atom is -0.454 e. The van der Waals surface area contributed by atoms with E-state index in [0.717, 1.165) is 39.0 Å². The van der Waals surface area contributed by atoms with Crippen LogP contribution in [0.1, 0.15) is 22.3 Å². The van der Waals surface area contributed by atoms with Crippen LogP contribution < -0.4 is 4.90 Å². The molecule has 0 atom stereocenters. The molecule has 2 nitrogen and oxygen atoms in total. The summed E-state index contributed by atoms with van der Waals surface area (Å²) in [4.78, 5) is 2.39. The molecule has 1 heterocycles. The highest BCUT2D eigenvalue weighted by molar-refractivity contribution is 6.10. The summed E-state index contributed by atoms with van der Waals surface area (Å²) in [5, 5.41) is 4.66. The van der Waals surface area contributed by atoms with Crippen LogP contribution in [0.25, 0.3) is 55.0 Å². The van der Waals surface area contributed by atoms with Crippen LogP contribution in [0.2, 0.25) is 0 Å². The van der Waals surface area contributed by atoms with Gasteiger partial charge >= 0.3 is 0 Å². The molecule has 0 N–H and O–H groups in total. The number of anilines is 3. The van der Waals surface area contributed by atoms with E-state index in [1.165, 1.54) is 55.3 Å². The fourth-order valence-electron chi connectivity index (χ4n) is 8.87. The van der Waals surface area contributed by atoms with E-state index in [1.807, 2.05) is 6.07 Å². The van der Waals surface area contributed by atoms with Gasteiger partial charge in [0, 0.05) is 22.1 Å². The molecule has 1 aromatic heterocycles. The van der Waals surface area contributed by atoms with Crippen LogP contribution in [0.4, 0.5) is 17.1 Å². The van der Waals surface area contributed by atoms with Crippen molar-refractivity contribution >= 4 is 49.8 Å². The Morgan fingerprint density at radius 3 is 1.67 bits per heavy atom. The first-order chi connectivity index (χ1) is 24.3.